The van der Waals surface area contributed by atoms with Crippen LogP contribution in [-0.4, -0.2) is 14.0 Å². The summed E-state index contributed by atoms with van der Waals surface area (Å²) in [7, 11) is 19.8. The van der Waals surface area contributed by atoms with Gasteiger partial charge in [-0.3, -0.25) is 0 Å². The second-order valence-corrected chi connectivity index (χ2v) is 29.3. The van der Waals surface area contributed by atoms with Crippen LogP contribution in [0.5, 0.6) is 0 Å². The molecule has 18 heavy (non-hydrogen) atoms. The molecule has 0 spiro atoms. The van der Waals surface area contributed by atoms with E-state index >= 15 is 0 Å². The van der Waals surface area contributed by atoms with Crippen LogP contribution < -0.4 is 7.02 Å². The molecule has 2 aromatic rings. The standard InChI is InChI=1S/2C6H4Cl.3ClH.Sb/c2*7-6-4-2-1-3-5-6;;;;/h2*1-2,4-5H;3*1H;/q;;;;;+3/p-3. The van der Waals surface area contributed by atoms with Gasteiger partial charge in [0.05, 0.1) is 0 Å². The first kappa shape index (κ1) is 15.1. The molecule has 0 saturated heterocycles. The number of benzene rings is 2. The van der Waals surface area contributed by atoms with Gasteiger partial charge in [-0.1, -0.05) is 0 Å². The van der Waals surface area contributed by atoms with E-state index in [4.69, 9.17) is 49.7 Å². The maximum atomic E-state index is 6.60. The molecule has 2 rings (SSSR count). The SMILES string of the molecule is Clc1ccc[c]([Sb]([Cl])([Cl])([Cl])[c]2cccc(Cl)c2)c1. The van der Waals surface area contributed by atoms with Crippen LogP contribution in [0.2, 0.25) is 10.0 Å². The van der Waals surface area contributed by atoms with Gasteiger partial charge in [0.1, 0.15) is 0 Å². The van der Waals surface area contributed by atoms with E-state index in [-0.39, 0.29) is 0 Å². The molecule has 0 bridgehead atoms. The molecule has 0 unspecified atom stereocenters. The monoisotopic (exact) mass is 448 g/mol. The molecule has 0 aromatic heterocycles. The third kappa shape index (κ3) is 3.06. The zero-order chi connectivity index (χ0) is 13.4. The van der Waals surface area contributed by atoms with Gasteiger partial charge >= 0.3 is 129 Å². The molecule has 0 aliphatic heterocycles. The number of hydrogen-bond donors (Lipinski definition) is 0. The zero-order valence-electron chi connectivity index (χ0n) is 8.96. The van der Waals surface area contributed by atoms with Gasteiger partial charge in [-0.05, 0) is 0 Å². The van der Waals surface area contributed by atoms with Crippen LogP contribution in [0.4, 0.5) is 0 Å². The van der Waals surface area contributed by atoms with Crippen molar-refractivity contribution in [3.05, 3.63) is 58.6 Å². The van der Waals surface area contributed by atoms with E-state index in [1.54, 1.807) is 48.5 Å². The topological polar surface area (TPSA) is 0 Å². The molecule has 0 amide bonds. The van der Waals surface area contributed by atoms with Crippen molar-refractivity contribution in [1.29, 1.82) is 0 Å². The molecule has 0 aliphatic rings. The first-order valence-corrected chi connectivity index (χ1v) is 18.0. The molecular formula is C12H8Cl5Sb. The van der Waals surface area contributed by atoms with Gasteiger partial charge in [0, 0.05) is 0 Å². The predicted molar refractivity (Wildman–Crippen MR) is 85.5 cm³/mol. The second kappa shape index (κ2) is 5.24. The van der Waals surface area contributed by atoms with Crippen molar-refractivity contribution in [2.75, 3.05) is 0 Å². The summed E-state index contributed by atoms with van der Waals surface area (Å²) in [5, 5.41) is 1.10. The van der Waals surface area contributed by atoms with E-state index in [1.807, 2.05) is 0 Å². The van der Waals surface area contributed by atoms with Crippen molar-refractivity contribution in [2.24, 2.45) is 0 Å². The maximum absolute atomic E-state index is 6.60. The Kier molecular flexibility index (Phi) is 4.40. The quantitative estimate of drug-likeness (QED) is 0.581. The minimum atomic E-state index is -4.64. The molecule has 0 N–H and O–H groups in total. The Bertz CT molecular complexity index is 539. The van der Waals surface area contributed by atoms with Gasteiger partial charge in [-0.25, -0.2) is 0 Å². The molecule has 0 atom stereocenters. The third-order valence-corrected chi connectivity index (χ3v) is 17.2. The Morgan fingerprint density at radius 3 is 1.39 bits per heavy atom. The average Bonchev–Trinajstić information content (AvgIpc) is 2.28. The molecule has 6 heteroatoms. The van der Waals surface area contributed by atoms with Crippen LogP contribution in [0, 0.1) is 0 Å². The molecule has 0 aliphatic carbocycles. The van der Waals surface area contributed by atoms with Crippen molar-refractivity contribution in [3.63, 3.8) is 0 Å². The van der Waals surface area contributed by atoms with E-state index in [0.717, 1.165) is 0 Å². The molecule has 0 heterocycles. The van der Waals surface area contributed by atoms with Gasteiger partial charge in [-0.2, -0.15) is 0 Å². The van der Waals surface area contributed by atoms with Gasteiger partial charge in [0.2, 0.25) is 0 Å². The second-order valence-electron chi connectivity index (χ2n) is 3.77. The summed E-state index contributed by atoms with van der Waals surface area (Å²) in [5.74, 6) is 0. The molecule has 0 saturated carbocycles. The number of halogens is 5. The van der Waals surface area contributed by atoms with Crippen LogP contribution in [0.3, 0.4) is 0 Å². The Hall–Kier alpha value is 0.708. The summed E-state index contributed by atoms with van der Waals surface area (Å²) < 4.78 is 1.34. The van der Waals surface area contributed by atoms with E-state index in [1.165, 1.54) is 0 Å². The van der Waals surface area contributed by atoms with Crippen molar-refractivity contribution in [3.8, 4) is 0 Å². The van der Waals surface area contributed by atoms with Crippen molar-refractivity contribution in [1.82, 2.24) is 0 Å². The normalized spacial score (nSPS) is 13.9. The molecule has 0 nitrogen and oxygen atoms in total. The van der Waals surface area contributed by atoms with Crippen molar-refractivity contribution in [2.45, 2.75) is 0 Å². The van der Waals surface area contributed by atoms with E-state index in [9.17, 15) is 0 Å². The van der Waals surface area contributed by atoms with Gasteiger partial charge < -0.3 is 0 Å². The summed E-state index contributed by atoms with van der Waals surface area (Å²) >= 11 is 7.29. The Labute approximate surface area is 128 Å². The van der Waals surface area contributed by atoms with Crippen LogP contribution in [0.25, 0.3) is 0 Å². The fourth-order valence-electron chi connectivity index (χ4n) is 1.56. The summed E-state index contributed by atoms with van der Waals surface area (Å²) in [4.78, 5) is 0. The van der Waals surface area contributed by atoms with Crippen LogP contribution in [0.1, 0.15) is 0 Å². The van der Waals surface area contributed by atoms with E-state index in [0.29, 0.717) is 17.1 Å². The number of rotatable bonds is 2. The van der Waals surface area contributed by atoms with Gasteiger partial charge in [0.15, 0.2) is 0 Å². The third-order valence-electron chi connectivity index (χ3n) is 2.46. The summed E-state index contributed by atoms with van der Waals surface area (Å²) in [6.45, 7) is 0. The first-order valence-electron chi connectivity index (χ1n) is 4.98. The molecule has 2 aromatic carbocycles. The molecule has 96 valence electrons. The fourth-order valence-corrected chi connectivity index (χ4v) is 11.4. The summed E-state index contributed by atoms with van der Waals surface area (Å²) in [6.07, 6.45) is 0. The predicted octanol–water partition coefficient (Wildman–Crippen LogP) is 4.72. The zero-order valence-corrected chi connectivity index (χ0v) is 15.3. The van der Waals surface area contributed by atoms with E-state index in [2.05, 4.69) is 0 Å². The summed E-state index contributed by atoms with van der Waals surface area (Å²) in [5.41, 5.74) is 0. The molecular weight excluding hydrogens is 443 g/mol. The van der Waals surface area contributed by atoms with Crippen LogP contribution in [-0.2, 0) is 0 Å². The fraction of sp³-hybridized carbons (Fsp3) is 0. The molecule has 0 radical (unpaired) electrons. The number of hydrogen-bond acceptors (Lipinski definition) is 0. The summed E-state index contributed by atoms with van der Waals surface area (Å²) in [6, 6.07) is 14.0. The minimum absolute atomic E-state index is 0.551. The Morgan fingerprint density at radius 1 is 0.667 bits per heavy atom. The van der Waals surface area contributed by atoms with Crippen LogP contribution in [0.15, 0.2) is 48.5 Å². The van der Waals surface area contributed by atoms with Crippen molar-refractivity contribution < 1.29 is 0 Å². The average molecular weight is 451 g/mol. The van der Waals surface area contributed by atoms with Crippen LogP contribution >= 0.6 is 49.7 Å². The van der Waals surface area contributed by atoms with Crippen molar-refractivity contribution >= 4 is 70.7 Å². The molecule has 0 fully saturated rings. The van der Waals surface area contributed by atoms with Gasteiger partial charge in [0.25, 0.3) is 0 Å². The first-order chi connectivity index (χ1) is 8.28. The van der Waals surface area contributed by atoms with E-state index < -0.39 is 14.0 Å². The Balaban J connectivity index is 2.64. The van der Waals surface area contributed by atoms with Gasteiger partial charge in [-0.15, -0.1) is 0 Å². The Morgan fingerprint density at radius 2 is 1.06 bits per heavy atom.